The normalized spacial score (nSPS) is 20.5. The highest BCUT2D eigenvalue weighted by Crippen LogP contribution is 2.29. The SMILES string of the molecule is COc1ccc2cc1CN(C)CCCC(=O)C1CCN(CC1)Cc1cc(cc(NC(C)C)c1)Nc1nccc-2n1. The average Bonchev–Trinajstić information content (AvgIpc) is 2.92. The van der Waals surface area contributed by atoms with E-state index >= 15 is 0 Å². The van der Waals surface area contributed by atoms with E-state index in [4.69, 9.17) is 9.72 Å². The van der Waals surface area contributed by atoms with Gasteiger partial charge in [0.25, 0.3) is 0 Å². The molecule has 212 valence electrons. The molecule has 0 saturated carbocycles. The summed E-state index contributed by atoms with van der Waals surface area (Å²) in [6.45, 7) is 8.63. The molecule has 0 spiro atoms. The molecule has 1 fully saturated rings. The second kappa shape index (κ2) is 12.8. The van der Waals surface area contributed by atoms with Crippen LogP contribution in [0.15, 0.2) is 48.7 Å². The van der Waals surface area contributed by atoms with Gasteiger partial charge >= 0.3 is 0 Å². The van der Waals surface area contributed by atoms with Crippen molar-refractivity contribution in [2.45, 2.75) is 58.7 Å². The third-order valence-electron chi connectivity index (χ3n) is 7.79. The van der Waals surface area contributed by atoms with E-state index in [1.54, 1.807) is 13.3 Å². The lowest BCUT2D eigenvalue weighted by Crippen LogP contribution is -2.36. The maximum Gasteiger partial charge on any atom is 0.227 e. The molecule has 0 atom stereocenters. The molecule has 2 aromatic carbocycles. The summed E-state index contributed by atoms with van der Waals surface area (Å²) in [7, 11) is 3.81. The second-order valence-corrected chi connectivity index (χ2v) is 11.5. The Labute approximate surface area is 238 Å². The van der Waals surface area contributed by atoms with Gasteiger partial charge in [-0.1, -0.05) is 0 Å². The van der Waals surface area contributed by atoms with Crippen molar-refractivity contribution in [1.82, 2.24) is 19.8 Å². The highest BCUT2D eigenvalue weighted by molar-refractivity contribution is 5.81. The minimum Gasteiger partial charge on any atom is -0.496 e. The quantitative estimate of drug-likeness (QED) is 0.435. The Hall–Kier alpha value is -3.49. The summed E-state index contributed by atoms with van der Waals surface area (Å²) < 4.78 is 5.68. The van der Waals surface area contributed by atoms with Crippen molar-refractivity contribution in [3.63, 3.8) is 0 Å². The number of carbonyl (C=O) groups is 1. The van der Waals surface area contributed by atoms with Crippen molar-refractivity contribution in [2.24, 2.45) is 5.92 Å². The molecule has 0 aliphatic carbocycles. The van der Waals surface area contributed by atoms with E-state index < -0.39 is 0 Å². The van der Waals surface area contributed by atoms with Crippen LogP contribution in [0.1, 0.15) is 50.7 Å². The van der Waals surface area contributed by atoms with Gasteiger partial charge in [-0.05, 0) is 108 Å². The largest absolute Gasteiger partial charge is 0.496 e. The molecule has 3 aliphatic heterocycles. The van der Waals surface area contributed by atoms with Crippen molar-refractivity contribution < 1.29 is 9.53 Å². The van der Waals surface area contributed by atoms with Gasteiger partial charge in [-0.15, -0.1) is 0 Å². The summed E-state index contributed by atoms with van der Waals surface area (Å²) in [6, 6.07) is 15.0. The van der Waals surface area contributed by atoms with Gasteiger partial charge < -0.3 is 20.3 Å². The number of benzene rings is 2. The van der Waals surface area contributed by atoms with Gasteiger partial charge in [-0.3, -0.25) is 9.69 Å². The van der Waals surface area contributed by atoms with Crippen LogP contribution in [0.4, 0.5) is 17.3 Å². The van der Waals surface area contributed by atoms with Crippen LogP contribution in [-0.4, -0.2) is 65.4 Å². The van der Waals surface area contributed by atoms with Crippen LogP contribution in [0.2, 0.25) is 0 Å². The van der Waals surface area contributed by atoms with E-state index in [9.17, 15) is 4.79 Å². The zero-order valence-corrected chi connectivity index (χ0v) is 24.2. The number of hydrogen-bond donors (Lipinski definition) is 2. The third-order valence-corrected chi connectivity index (χ3v) is 7.79. The number of hydrogen-bond acceptors (Lipinski definition) is 8. The minimum absolute atomic E-state index is 0.182. The molecule has 0 amide bonds. The first-order valence-corrected chi connectivity index (χ1v) is 14.5. The molecular formula is C32H42N6O2. The maximum absolute atomic E-state index is 13.0. The summed E-state index contributed by atoms with van der Waals surface area (Å²) in [4.78, 5) is 27.2. The van der Waals surface area contributed by atoms with Crippen LogP contribution in [0.25, 0.3) is 11.3 Å². The van der Waals surface area contributed by atoms with E-state index in [0.717, 1.165) is 85.9 Å². The molecule has 4 heterocycles. The molecule has 8 heteroatoms. The molecule has 8 nitrogen and oxygen atoms in total. The fraction of sp³-hybridized carbons (Fsp3) is 0.469. The van der Waals surface area contributed by atoms with Gasteiger partial charge in [0.2, 0.25) is 5.95 Å². The van der Waals surface area contributed by atoms with Gasteiger partial charge in [0.15, 0.2) is 0 Å². The second-order valence-electron chi connectivity index (χ2n) is 11.5. The highest BCUT2D eigenvalue weighted by Gasteiger charge is 2.25. The Morgan fingerprint density at radius 3 is 2.65 bits per heavy atom. The van der Waals surface area contributed by atoms with Gasteiger partial charge in [0.05, 0.1) is 12.8 Å². The standard InChI is InChI=1S/C32H42N6O2/c1-22(2)34-27-16-23-17-28(19-27)35-32-33-12-9-29(36-32)25-7-8-31(40-4)26(18-25)21-37(3)13-5-6-30(39)24-10-14-38(20-23)15-11-24/h7-9,12,16-19,22,24,34H,5-6,10-11,13-15,20-21H2,1-4H3,(H,33,35,36). The summed E-state index contributed by atoms with van der Waals surface area (Å²) in [5, 5.41) is 7.01. The van der Waals surface area contributed by atoms with Crippen molar-refractivity contribution in [2.75, 3.05) is 44.4 Å². The van der Waals surface area contributed by atoms with Gasteiger partial charge in [0.1, 0.15) is 11.5 Å². The summed E-state index contributed by atoms with van der Waals surface area (Å²) in [5.41, 5.74) is 6.20. The Balaban J connectivity index is 1.49. The predicted molar refractivity (Wildman–Crippen MR) is 161 cm³/mol. The molecule has 1 aromatic heterocycles. The molecule has 8 bridgehead atoms. The number of piperidine rings is 1. The number of rotatable bonds is 3. The van der Waals surface area contributed by atoms with Gasteiger partial charge in [-0.2, -0.15) is 0 Å². The fourth-order valence-corrected chi connectivity index (χ4v) is 5.81. The number of ether oxygens (including phenoxy) is 1. The fourth-order valence-electron chi connectivity index (χ4n) is 5.81. The number of aromatic nitrogens is 2. The van der Waals surface area contributed by atoms with Crippen LogP contribution in [0.5, 0.6) is 5.75 Å². The Bertz CT molecular complexity index is 1320. The van der Waals surface area contributed by atoms with Gasteiger partial charge in [-0.25, -0.2) is 9.97 Å². The molecule has 3 aliphatic rings. The van der Waals surface area contributed by atoms with Crippen LogP contribution in [0, 0.1) is 5.92 Å². The smallest absolute Gasteiger partial charge is 0.227 e. The molecule has 6 rings (SSSR count). The molecule has 2 N–H and O–H groups in total. The monoisotopic (exact) mass is 542 g/mol. The van der Waals surface area contributed by atoms with Crippen LogP contribution < -0.4 is 15.4 Å². The van der Waals surface area contributed by atoms with E-state index in [1.165, 1.54) is 5.56 Å². The van der Waals surface area contributed by atoms with E-state index in [-0.39, 0.29) is 5.92 Å². The Kier molecular flexibility index (Phi) is 8.97. The number of anilines is 3. The van der Waals surface area contributed by atoms with E-state index in [1.807, 2.05) is 18.2 Å². The molecule has 1 saturated heterocycles. The zero-order valence-electron chi connectivity index (χ0n) is 24.2. The number of ketones is 1. The van der Waals surface area contributed by atoms with Crippen LogP contribution in [-0.2, 0) is 17.9 Å². The van der Waals surface area contributed by atoms with Crippen molar-refractivity contribution >= 4 is 23.1 Å². The predicted octanol–water partition coefficient (Wildman–Crippen LogP) is 5.72. The first kappa shape index (κ1) is 28.1. The minimum atomic E-state index is 0.182. The number of methoxy groups -OCH3 is 1. The molecule has 40 heavy (non-hydrogen) atoms. The average molecular weight is 543 g/mol. The summed E-state index contributed by atoms with van der Waals surface area (Å²) in [5.74, 6) is 2.02. The molecule has 0 unspecified atom stereocenters. The van der Waals surface area contributed by atoms with Crippen molar-refractivity contribution in [3.8, 4) is 17.0 Å². The van der Waals surface area contributed by atoms with Crippen molar-refractivity contribution in [1.29, 1.82) is 0 Å². The topological polar surface area (TPSA) is 82.6 Å². The molecular weight excluding hydrogens is 500 g/mol. The van der Waals surface area contributed by atoms with Gasteiger partial charge in [0, 0.05) is 60.2 Å². The van der Waals surface area contributed by atoms with Crippen LogP contribution in [0.3, 0.4) is 0 Å². The number of carbonyl (C=O) groups excluding carboxylic acids is 1. The number of nitrogens with one attached hydrogen (secondary N) is 2. The Morgan fingerprint density at radius 1 is 1.05 bits per heavy atom. The third kappa shape index (κ3) is 7.17. The summed E-state index contributed by atoms with van der Waals surface area (Å²) in [6.07, 6.45) is 5.20. The van der Waals surface area contributed by atoms with E-state index in [2.05, 4.69) is 70.6 Å². The lowest BCUT2D eigenvalue weighted by atomic mass is 9.90. The Morgan fingerprint density at radius 2 is 1.88 bits per heavy atom. The number of Topliss-reactive ketones (excluding diaryl/α,β-unsaturated/α-hetero) is 1. The molecule has 3 aromatic rings. The van der Waals surface area contributed by atoms with Crippen LogP contribution >= 0.6 is 0 Å². The molecule has 0 radical (unpaired) electrons. The maximum atomic E-state index is 13.0. The first-order valence-electron chi connectivity index (χ1n) is 14.5. The highest BCUT2D eigenvalue weighted by atomic mass is 16.5. The van der Waals surface area contributed by atoms with E-state index in [0.29, 0.717) is 24.2 Å². The van der Waals surface area contributed by atoms with Crippen molar-refractivity contribution in [3.05, 3.63) is 59.8 Å². The number of nitrogens with zero attached hydrogens (tertiary/aromatic N) is 4. The number of fused-ring (bicyclic) bond motifs is 7. The zero-order chi connectivity index (χ0) is 28.1. The lowest BCUT2D eigenvalue weighted by molar-refractivity contribution is -0.124. The lowest BCUT2D eigenvalue weighted by Gasteiger charge is -2.31. The summed E-state index contributed by atoms with van der Waals surface area (Å²) >= 11 is 0. The first-order chi connectivity index (χ1) is 19.4.